The van der Waals surface area contributed by atoms with E-state index in [-0.39, 0.29) is 30.9 Å². The first-order valence-corrected chi connectivity index (χ1v) is 17.5. The lowest BCUT2D eigenvalue weighted by atomic mass is 10.1. The summed E-state index contributed by atoms with van der Waals surface area (Å²) in [5, 5.41) is 11.8. The number of hydrogen-bond acceptors (Lipinski definition) is 9. The molecule has 3 N–H and O–H groups in total. The minimum atomic E-state index is -4.13. The first-order valence-electron chi connectivity index (χ1n) is 13.1. The number of benzene rings is 2. The number of rotatable bonds is 13. The Morgan fingerprint density at radius 3 is 2.48 bits per heavy atom. The van der Waals surface area contributed by atoms with Gasteiger partial charge in [-0.1, -0.05) is 29.9 Å². The van der Waals surface area contributed by atoms with E-state index in [1.54, 1.807) is 30.3 Å². The molecule has 0 saturated heterocycles. The summed E-state index contributed by atoms with van der Waals surface area (Å²) in [6.45, 7) is 2.66. The third-order valence-corrected chi connectivity index (χ3v) is 9.51. The lowest BCUT2D eigenvalue weighted by Gasteiger charge is -2.18. The summed E-state index contributed by atoms with van der Waals surface area (Å²) in [7, 11) is -6.74. The Hall–Kier alpha value is -2.88. The van der Waals surface area contributed by atoms with Crippen LogP contribution in [0.5, 0.6) is 17.2 Å². The highest BCUT2D eigenvalue weighted by molar-refractivity contribution is 7.86. The van der Waals surface area contributed by atoms with E-state index in [2.05, 4.69) is 0 Å². The van der Waals surface area contributed by atoms with Gasteiger partial charge in [-0.2, -0.15) is 21.4 Å². The van der Waals surface area contributed by atoms with Crippen LogP contribution in [0.3, 0.4) is 0 Å². The van der Waals surface area contributed by atoms with Gasteiger partial charge in [-0.25, -0.2) is 0 Å². The fourth-order valence-electron chi connectivity index (χ4n) is 4.55. The zero-order valence-electron chi connectivity index (χ0n) is 23.0. The minimum Gasteiger partial charge on any atom is -0.504 e. The van der Waals surface area contributed by atoms with E-state index in [9.17, 15) is 26.5 Å². The van der Waals surface area contributed by atoms with Crippen LogP contribution in [0.4, 0.5) is 5.69 Å². The number of thiazole rings is 1. The highest BCUT2D eigenvalue weighted by Gasteiger charge is 2.28. The number of halogens is 1. The number of hydrogen-bond donors (Lipinski definition) is 3. The first-order chi connectivity index (χ1) is 19.8. The van der Waals surface area contributed by atoms with Gasteiger partial charge in [0.2, 0.25) is 11.4 Å². The van der Waals surface area contributed by atoms with E-state index in [4.69, 9.17) is 25.6 Å². The normalized spacial score (nSPS) is 14.9. The van der Waals surface area contributed by atoms with Crippen LogP contribution in [0.25, 0.3) is 16.3 Å². The zero-order chi connectivity index (χ0) is 30.7. The number of phenolic OH excluding ortho intramolecular Hbond substituents is 1. The largest absolute Gasteiger partial charge is 0.504 e. The van der Waals surface area contributed by atoms with Gasteiger partial charge in [0.25, 0.3) is 25.2 Å². The number of aromatic hydroxyl groups is 1. The second-order valence-corrected chi connectivity index (χ2v) is 14.3. The molecule has 42 heavy (non-hydrogen) atoms. The molecule has 0 fully saturated rings. The summed E-state index contributed by atoms with van der Waals surface area (Å²) in [5.41, 5.74) is 2.29. The summed E-state index contributed by atoms with van der Waals surface area (Å²) >= 11 is 7.69. The first kappa shape index (κ1) is 32.0. The molecule has 3 aromatic rings. The van der Waals surface area contributed by atoms with Crippen molar-refractivity contribution in [3.63, 3.8) is 0 Å². The Bertz CT molecular complexity index is 1750. The van der Waals surface area contributed by atoms with Crippen molar-refractivity contribution in [3.05, 3.63) is 57.9 Å². The number of anilines is 1. The molecule has 2 heterocycles. The Kier molecular flexibility index (Phi) is 10.1. The minimum absolute atomic E-state index is 0.0286. The maximum Gasteiger partial charge on any atom is 0.264 e. The summed E-state index contributed by atoms with van der Waals surface area (Å²) in [5.74, 6) is 0.577. The fraction of sp³-hybridized carbons (Fsp3) is 0.370. The van der Waals surface area contributed by atoms with E-state index >= 15 is 0 Å². The molecule has 0 atom stereocenters. The predicted molar refractivity (Wildman–Crippen MR) is 163 cm³/mol. The quantitative estimate of drug-likeness (QED) is 0.129. The van der Waals surface area contributed by atoms with E-state index in [0.717, 1.165) is 20.8 Å². The van der Waals surface area contributed by atoms with Gasteiger partial charge in [0.1, 0.15) is 4.70 Å². The molecule has 1 aliphatic rings. The maximum atomic E-state index is 11.3. The van der Waals surface area contributed by atoms with Gasteiger partial charge < -0.3 is 19.5 Å². The lowest BCUT2D eigenvalue weighted by molar-refractivity contribution is -0.669. The van der Waals surface area contributed by atoms with Gasteiger partial charge >= 0.3 is 0 Å². The second-order valence-electron chi connectivity index (χ2n) is 9.64. The molecule has 0 amide bonds. The molecule has 0 radical (unpaired) electrons. The Labute approximate surface area is 253 Å². The lowest BCUT2D eigenvalue weighted by Crippen LogP contribution is -2.35. The monoisotopic (exact) mass is 659 g/mol. The van der Waals surface area contributed by atoms with Crippen molar-refractivity contribution in [1.82, 2.24) is 0 Å². The average Bonchev–Trinajstić information content (AvgIpc) is 3.40. The Balaban J connectivity index is 1.72. The zero-order valence-corrected chi connectivity index (χ0v) is 26.2. The average molecular weight is 660 g/mol. The molecule has 228 valence electrons. The van der Waals surface area contributed by atoms with Crippen LogP contribution < -0.4 is 18.9 Å². The number of ether oxygens (including phenoxy) is 2. The molecular formula is C27H32ClN2O9S3+. The van der Waals surface area contributed by atoms with Crippen LogP contribution in [-0.4, -0.2) is 56.2 Å². The molecule has 0 spiro atoms. The van der Waals surface area contributed by atoms with Crippen LogP contribution in [0.2, 0.25) is 5.02 Å². The van der Waals surface area contributed by atoms with Gasteiger partial charge in [-0.15, -0.1) is 0 Å². The molecule has 2 aromatic carbocycles. The highest BCUT2D eigenvalue weighted by Crippen LogP contribution is 2.41. The summed E-state index contributed by atoms with van der Waals surface area (Å²) in [6.07, 6.45) is 5.31. The molecule has 1 aromatic heterocycles. The van der Waals surface area contributed by atoms with Crippen molar-refractivity contribution in [1.29, 1.82) is 0 Å². The maximum absolute atomic E-state index is 11.3. The van der Waals surface area contributed by atoms with Crippen molar-refractivity contribution >= 4 is 65.2 Å². The second kappa shape index (κ2) is 13.2. The van der Waals surface area contributed by atoms with E-state index in [0.29, 0.717) is 47.5 Å². The number of unbranched alkanes of at least 4 members (excludes halogenated alkanes) is 1. The molecule has 4 rings (SSSR count). The molecule has 15 heteroatoms. The molecule has 11 nitrogen and oxygen atoms in total. The van der Waals surface area contributed by atoms with Crippen molar-refractivity contribution in [2.45, 2.75) is 39.2 Å². The summed E-state index contributed by atoms with van der Waals surface area (Å²) < 4.78 is 77.6. The molecule has 0 unspecified atom stereocenters. The van der Waals surface area contributed by atoms with Gasteiger partial charge in [-0.3, -0.25) is 9.11 Å². The third kappa shape index (κ3) is 8.14. The Morgan fingerprint density at radius 2 is 1.81 bits per heavy atom. The summed E-state index contributed by atoms with van der Waals surface area (Å²) in [4.78, 5) is 1.81. The molecular weight excluding hydrogens is 628 g/mol. The smallest absolute Gasteiger partial charge is 0.264 e. The van der Waals surface area contributed by atoms with Gasteiger partial charge in [0.15, 0.2) is 23.8 Å². The topological polar surface area (TPSA) is 155 Å². The van der Waals surface area contributed by atoms with Crippen molar-refractivity contribution in [2.75, 3.05) is 30.1 Å². The SMILES string of the molecule is CCC(=Cc1sc2cc(OC)c(O)cc2[n+]1CCCCS(=O)(=O)O)C=C1Oc2ccc(Cl)cc2N1CCCS(=O)(=O)O. The van der Waals surface area contributed by atoms with E-state index in [1.165, 1.54) is 18.4 Å². The highest BCUT2D eigenvalue weighted by atomic mass is 35.5. The van der Waals surface area contributed by atoms with E-state index < -0.39 is 26.0 Å². The van der Waals surface area contributed by atoms with Crippen LogP contribution in [0, 0.1) is 0 Å². The van der Waals surface area contributed by atoms with Crippen LogP contribution in [-0.2, 0) is 26.8 Å². The van der Waals surface area contributed by atoms with Crippen molar-refractivity contribution in [2.24, 2.45) is 0 Å². The molecule has 0 bridgehead atoms. The number of fused-ring (bicyclic) bond motifs is 2. The van der Waals surface area contributed by atoms with Gasteiger partial charge in [0, 0.05) is 36.2 Å². The fourth-order valence-corrected chi connectivity index (χ4v) is 6.96. The van der Waals surface area contributed by atoms with E-state index in [1.807, 2.05) is 28.5 Å². The molecule has 1 aliphatic heterocycles. The number of methoxy groups -OCH3 is 1. The molecule has 0 saturated carbocycles. The summed E-state index contributed by atoms with van der Waals surface area (Å²) in [6, 6.07) is 8.50. The number of allylic oxidation sites excluding steroid dienone is 2. The predicted octanol–water partition coefficient (Wildman–Crippen LogP) is 5.04. The standard InChI is InChI=1S/C27H31ClN2O9S3/c1-3-18(13-26-29(10-6-12-42(35,36)37)20-15-19(28)7-8-23(20)39-26)14-27-30(9-4-5-11-41(32,33)34)21-16-22(31)24(38-2)17-25(21)40-27/h7-8,13-17H,3-6,9-12H2,1-2H3,(H2-,31,32,33,34,35,36,37)/p+1. The van der Waals surface area contributed by atoms with Crippen LogP contribution in [0.15, 0.2) is 47.9 Å². The number of aromatic nitrogens is 1. The van der Waals surface area contributed by atoms with Crippen LogP contribution >= 0.6 is 22.9 Å². The van der Waals surface area contributed by atoms with Gasteiger partial charge in [-0.05, 0) is 43.0 Å². The van der Waals surface area contributed by atoms with Crippen molar-refractivity contribution in [3.8, 4) is 17.2 Å². The van der Waals surface area contributed by atoms with Gasteiger partial charge in [0.05, 0.1) is 30.4 Å². The third-order valence-electron chi connectivity index (χ3n) is 6.57. The van der Waals surface area contributed by atoms with Crippen LogP contribution in [0.1, 0.15) is 37.6 Å². The number of nitrogens with zero attached hydrogens (tertiary/aromatic N) is 2. The number of phenols is 1. The Morgan fingerprint density at radius 1 is 1.10 bits per heavy atom. The van der Waals surface area contributed by atoms with Crippen molar-refractivity contribution < 1.29 is 45.1 Å². The number of aryl methyl sites for hydroxylation is 1. The molecule has 0 aliphatic carbocycles.